The second-order valence-electron chi connectivity index (χ2n) is 5.12. The van der Waals surface area contributed by atoms with Crippen LogP contribution in [0.2, 0.25) is 0 Å². The van der Waals surface area contributed by atoms with Crippen LogP contribution in [0.25, 0.3) is 0 Å². The lowest BCUT2D eigenvalue weighted by Gasteiger charge is -2.30. The van der Waals surface area contributed by atoms with Gasteiger partial charge in [0.15, 0.2) is 0 Å². The average Bonchev–Trinajstić information content (AvgIpc) is 2.48. The maximum absolute atomic E-state index is 11.1. The molecule has 1 amide bonds. The highest BCUT2D eigenvalue weighted by atomic mass is 16.6. The highest BCUT2D eigenvalue weighted by Crippen LogP contribution is 2.19. The van der Waals surface area contributed by atoms with Gasteiger partial charge in [-0.1, -0.05) is 6.07 Å². The molecule has 0 aliphatic carbocycles. The van der Waals surface area contributed by atoms with Crippen molar-refractivity contribution in [3.05, 3.63) is 34.4 Å². The lowest BCUT2D eigenvalue weighted by atomic mass is 9.96. The second kappa shape index (κ2) is 7.03. The third-order valence-electron chi connectivity index (χ3n) is 3.69. The summed E-state index contributed by atoms with van der Waals surface area (Å²) in [6, 6.07) is 6.15. The molecule has 1 aliphatic rings. The standard InChI is InChI=1S/C14H19N3O4/c15-14(18)11-4-6-16(7-5-11)8-9-21-13-3-1-2-12(10-13)17(19)20/h1-3,10-11H,4-9H2,(H2,15,18). The van der Waals surface area contributed by atoms with E-state index >= 15 is 0 Å². The number of nitrogens with zero attached hydrogens (tertiary/aromatic N) is 2. The van der Waals surface area contributed by atoms with Gasteiger partial charge in [-0.2, -0.15) is 0 Å². The summed E-state index contributed by atoms with van der Waals surface area (Å²) in [7, 11) is 0. The van der Waals surface area contributed by atoms with E-state index in [-0.39, 0.29) is 17.5 Å². The fourth-order valence-electron chi connectivity index (χ4n) is 2.42. The van der Waals surface area contributed by atoms with E-state index in [9.17, 15) is 14.9 Å². The van der Waals surface area contributed by atoms with Crippen molar-refractivity contribution < 1.29 is 14.5 Å². The Hall–Kier alpha value is -2.15. The number of piperidine rings is 1. The van der Waals surface area contributed by atoms with Gasteiger partial charge >= 0.3 is 0 Å². The zero-order valence-electron chi connectivity index (χ0n) is 11.7. The van der Waals surface area contributed by atoms with Crippen LogP contribution >= 0.6 is 0 Å². The largest absolute Gasteiger partial charge is 0.492 e. The molecule has 0 spiro atoms. The van der Waals surface area contributed by atoms with E-state index in [0.29, 0.717) is 12.4 Å². The highest BCUT2D eigenvalue weighted by Gasteiger charge is 2.22. The van der Waals surface area contributed by atoms with Crippen molar-refractivity contribution in [2.75, 3.05) is 26.2 Å². The van der Waals surface area contributed by atoms with Crippen LogP contribution in [0.1, 0.15) is 12.8 Å². The molecule has 0 unspecified atom stereocenters. The van der Waals surface area contributed by atoms with Crippen LogP contribution in [0.5, 0.6) is 5.75 Å². The van der Waals surface area contributed by atoms with Gasteiger partial charge in [0.25, 0.3) is 5.69 Å². The van der Waals surface area contributed by atoms with Crippen molar-refractivity contribution in [3.8, 4) is 5.75 Å². The number of amides is 1. The predicted octanol–water partition coefficient (Wildman–Crippen LogP) is 1.17. The Kier molecular flexibility index (Phi) is 5.10. The van der Waals surface area contributed by atoms with E-state index in [1.165, 1.54) is 12.1 Å². The Bertz CT molecular complexity index is 513. The Morgan fingerprint density at radius 1 is 1.43 bits per heavy atom. The Labute approximate surface area is 122 Å². The summed E-state index contributed by atoms with van der Waals surface area (Å²) < 4.78 is 5.54. The lowest BCUT2D eigenvalue weighted by Crippen LogP contribution is -2.40. The molecular weight excluding hydrogens is 274 g/mol. The van der Waals surface area contributed by atoms with Gasteiger partial charge in [-0.3, -0.25) is 19.8 Å². The second-order valence-corrected chi connectivity index (χ2v) is 5.12. The highest BCUT2D eigenvalue weighted by molar-refractivity contribution is 5.76. The van der Waals surface area contributed by atoms with Gasteiger partial charge in [0.1, 0.15) is 12.4 Å². The number of rotatable bonds is 6. The molecule has 1 aromatic carbocycles. The molecule has 0 aromatic heterocycles. The number of non-ortho nitro benzene ring substituents is 1. The van der Waals surface area contributed by atoms with Gasteiger partial charge in [0, 0.05) is 18.5 Å². The third kappa shape index (κ3) is 4.42. The number of likely N-dealkylation sites (tertiary alicyclic amines) is 1. The molecule has 114 valence electrons. The van der Waals surface area contributed by atoms with E-state index < -0.39 is 4.92 Å². The summed E-state index contributed by atoms with van der Waals surface area (Å²) in [5.41, 5.74) is 5.31. The number of ether oxygens (including phenoxy) is 1. The topological polar surface area (TPSA) is 98.7 Å². The van der Waals surface area contributed by atoms with Crippen LogP contribution in [0.3, 0.4) is 0 Å². The first kappa shape index (κ1) is 15.2. The summed E-state index contributed by atoms with van der Waals surface area (Å²) in [5, 5.41) is 10.7. The number of carbonyl (C=O) groups excluding carboxylic acids is 1. The van der Waals surface area contributed by atoms with E-state index in [1.54, 1.807) is 12.1 Å². The summed E-state index contributed by atoms with van der Waals surface area (Å²) >= 11 is 0. The number of hydrogen-bond acceptors (Lipinski definition) is 5. The summed E-state index contributed by atoms with van der Waals surface area (Å²) in [4.78, 5) is 23.5. The molecular formula is C14H19N3O4. The van der Waals surface area contributed by atoms with Crippen LogP contribution in [0, 0.1) is 16.0 Å². The minimum Gasteiger partial charge on any atom is -0.492 e. The van der Waals surface area contributed by atoms with E-state index in [4.69, 9.17) is 10.5 Å². The first-order chi connectivity index (χ1) is 10.1. The number of hydrogen-bond donors (Lipinski definition) is 1. The van der Waals surface area contributed by atoms with Crippen molar-refractivity contribution >= 4 is 11.6 Å². The van der Waals surface area contributed by atoms with Gasteiger partial charge in [0.2, 0.25) is 5.91 Å². The fourth-order valence-corrected chi connectivity index (χ4v) is 2.42. The molecule has 21 heavy (non-hydrogen) atoms. The van der Waals surface area contributed by atoms with Crippen molar-refractivity contribution in [2.24, 2.45) is 11.7 Å². The molecule has 1 saturated heterocycles. The van der Waals surface area contributed by atoms with Gasteiger partial charge in [0.05, 0.1) is 11.0 Å². The Morgan fingerprint density at radius 2 is 2.14 bits per heavy atom. The van der Waals surface area contributed by atoms with E-state index in [0.717, 1.165) is 32.5 Å². The summed E-state index contributed by atoms with van der Waals surface area (Å²) in [5.74, 6) is 0.262. The normalized spacial score (nSPS) is 16.6. The number of carbonyl (C=O) groups is 1. The molecule has 2 rings (SSSR count). The summed E-state index contributed by atoms with van der Waals surface area (Å²) in [6.45, 7) is 2.84. The lowest BCUT2D eigenvalue weighted by molar-refractivity contribution is -0.384. The monoisotopic (exact) mass is 293 g/mol. The molecule has 0 radical (unpaired) electrons. The molecule has 7 nitrogen and oxygen atoms in total. The van der Waals surface area contributed by atoms with Gasteiger partial charge in [-0.05, 0) is 32.0 Å². The molecule has 0 saturated carbocycles. The molecule has 1 aliphatic heterocycles. The average molecular weight is 293 g/mol. The molecule has 0 atom stereocenters. The quantitative estimate of drug-likeness (QED) is 0.627. The van der Waals surface area contributed by atoms with Crippen molar-refractivity contribution in [1.29, 1.82) is 0 Å². The van der Waals surface area contributed by atoms with Gasteiger partial charge in [-0.15, -0.1) is 0 Å². The fraction of sp³-hybridized carbons (Fsp3) is 0.500. The Balaban J connectivity index is 1.74. The maximum Gasteiger partial charge on any atom is 0.273 e. The van der Waals surface area contributed by atoms with Crippen LogP contribution < -0.4 is 10.5 Å². The number of nitro groups is 1. The first-order valence-corrected chi connectivity index (χ1v) is 6.95. The number of benzene rings is 1. The van der Waals surface area contributed by atoms with Crippen LogP contribution in [-0.4, -0.2) is 42.0 Å². The van der Waals surface area contributed by atoms with E-state index in [2.05, 4.69) is 4.90 Å². The van der Waals surface area contributed by atoms with Gasteiger partial charge in [-0.25, -0.2) is 0 Å². The molecule has 1 aromatic rings. The zero-order valence-corrected chi connectivity index (χ0v) is 11.7. The third-order valence-corrected chi connectivity index (χ3v) is 3.69. The number of nitrogens with two attached hydrogens (primary N) is 1. The van der Waals surface area contributed by atoms with Crippen molar-refractivity contribution in [3.63, 3.8) is 0 Å². The Morgan fingerprint density at radius 3 is 2.76 bits per heavy atom. The minimum atomic E-state index is -0.443. The SMILES string of the molecule is NC(=O)C1CCN(CCOc2cccc([N+](=O)[O-])c2)CC1. The van der Waals surface area contributed by atoms with Crippen molar-refractivity contribution in [1.82, 2.24) is 4.90 Å². The molecule has 0 bridgehead atoms. The van der Waals surface area contributed by atoms with Crippen molar-refractivity contribution in [2.45, 2.75) is 12.8 Å². The van der Waals surface area contributed by atoms with Crippen LogP contribution in [0.15, 0.2) is 24.3 Å². The molecule has 2 N–H and O–H groups in total. The molecule has 1 fully saturated rings. The molecule has 7 heteroatoms. The van der Waals surface area contributed by atoms with Crippen LogP contribution in [0.4, 0.5) is 5.69 Å². The molecule has 1 heterocycles. The van der Waals surface area contributed by atoms with Gasteiger partial charge < -0.3 is 10.5 Å². The smallest absolute Gasteiger partial charge is 0.273 e. The van der Waals surface area contributed by atoms with E-state index in [1.807, 2.05) is 0 Å². The maximum atomic E-state index is 11.1. The predicted molar refractivity (Wildman–Crippen MR) is 76.9 cm³/mol. The zero-order chi connectivity index (χ0) is 15.2. The first-order valence-electron chi connectivity index (χ1n) is 6.95. The number of primary amides is 1. The number of nitro benzene ring substituents is 1. The van der Waals surface area contributed by atoms with Crippen LogP contribution in [-0.2, 0) is 4.79 Å². The minimum absolute atomic E-state index is 0.0149. The summed E-state index contributed by atoms with van der Waals surface area (Å²) in [6.07, 6.45) is 1.57.